The summed E-state index contributed by atoms with van der Waals surface area (Å²) in [6, 6.07) is 1.32. The van der Waals surface area contributed by atoms with Crippen LogP contribution in [0.2, 0.25) is 13.1 Å². The van der Waals surface area contributed by atoms with E-state index in [2.05, 4.69) is 18.1 Å². The zero-order chi connectivity index (χ0) is 18.3. The first-order valence-corrected chi connectivity index (χ1v) is 11.1. The molecule has 136 valence electrons. The molecule has 1 fully saturated rings. The third kappa shape index (κ3) is 3.42. The number of aromatic amines is 1. The Morgan fingerprint density at radius 3 is 2.54 bits per heavy atom. The van der Waals surface area contributed by atoms with Crippen molar-refractivity contribution >= 4 is 8.80 Å². The van der Waals surface area contributed by atoms with Gasteiger partial charge in [-0.05, 0) is 27.7 Å². The van der Waals surface area contributed by atoms with E-state index in [0.29, 0.717) is 6.42 Å². The van der Waals surface area contributed by atoms with Crippen molar-refractivity contribution in [2.45, 2.75) is 69.9 Å². The predicted molar refractivity (Wildman–Crippen MR) is 94.0 cm³/mol. The summed E-state index contributed by atoms with van der Waals surface area (Å²) in [5, 5.41) is 9.07. The minimum atomic E-state index is -1.60. The third-order valence-electron chi connectivity index (χ3n) is 4.51. The Morgan fingerprint density at radius 2 is 2.08 bits per heavy atom. The molecule has 0 spiro atoms. The van der Waals surface area contributed by atoms with Crippen molar-refractivity contribution < 1.29 is 14.6 Å². The van der Waals surface area contributed by atoms with Crippen molar-refractivity contribution in [3.8, 4) is 0 Å². The Balaban J connectivity index is 2.55. The van der Waals surface area contributed by atoms with Crippen molar-refractivity contribution in [2.75, 3.05) is 6.61 Å². The number of hydrogen-bond donors (Lipinski definition) is 2. The maximum Gasteiger partial charge on any atom is 0.330 e. The molecular weight excluding hydrogens is 328 g/mol. The van der Waals surface area contributed by atoms with Crippen LogP contribution in [0.1, 0.15) is 34.1 Å². The van der Waals surface area contributed by atoms with Crippen LogP contribution in [0.3, 0.4) is 0 Å². The van der Waals surface area contributed by atoms with Gasteiger partial charge in [0, 0.05) is 18.7 Å². The summed E-state index contributed by atoms with van der Waals surface area (Å²) in [5.74, 6) is 0. The van der Waals surface area contributed by atoms with Crippen molar-refractivity contribution in [2.24, 2.45) is 0 Å². The van der Waals surface area contributed by atoms with Crippen LogP contribution in [0.25, 0.3) is 0 Å². The fourth-order valence-corrected chi connectivity index (χ4v) is 5.16. The molecule has 8 heteroatoms. The maximum atomic E-state index is 12.4. The van der Waals surface area contributed by atoms with Crippen molar-refractivity contribution in [3.63, 3.8) is 0 Å². The molecule has 2 heterocycles. The van der Waals surface area contributed by atoms with Crippen LogP contribution in [0.5, 0.6) is 0 Å². The Hall–Kier alpha value is -1.22. The number of nitrogens with one attached hydrogen (secondary N) is 1. The van der Waals surface area contributed by atoms with E-state index in [1.807, 2.05) is 20.8 Å². The Labute approximate surface area is 143 Å². The molecule has 1 aromatic rings. The highest BCUT2D eigenvalue weighted by atomic mass is 28.3. The molecule has 0 saturated carbocycles. The van der Waals surface area contributed by atoms with Gasteiger partial charge < -0.3 is 14.6 Å². The number of H-pyrrole nitrogens is 1. The zero-order valence-corrected chi connectivity index (χ0v) is 16.4. The number of nitrogens with zero attached hydrogens (tertiary/aromatic N) is 1. The summed E-state index contributed by atoms with van der Waals surface area (Å²) < 4.78 is 13.9. The minimum absolute atomic E-state index is 0.214. The molecule has 3 atom stereocenters. The van der Waals surface area contributed by atoms with Crippen LogP contribution < -0.4 is 11.2 Å². The lowest BCUT2D eigenvalue weighted by Gasteiger charge is -2.36. The number of aromatic nitrogens is 2. The second-order valence-electron chi connectivity index (χ2n) is 7.98. The van der Waals surface area contributed by atoms with Crippen LogP contribution >= 0.6 is 0 Å². The molecule has 1 aliphatic heterocycles. The van der Waals surface area contributed by atoms with E-state index in [1.54, 1.807) is 6.92 Å². The van der Waals surface area contributed by atoms with E-state index in [4.69, 9.17) is 9.47 Å². The Morgan fingerprint density at radius 1 is 1.46 bits per heavy atom. The highest BCUT2D eigenvalue weighted by molar-refractivity contribution is 6.58. The minimum Gasteiger partial charge on any atom is -0.393 e. The van der Waals surface area contributed by atoms with Crippen molar-refractivity contribution in [1.29, 1.82) is 0 Å². The molecule has 1 aliphatic rings. The van der Waals surface area contributed by atoms with E-state index in [0.717, 1.165) is 0 Å². The van der Waals surface area contributed by atoms with Gasteiger partial charge in [-0.3, -0.25) is 14.3 Å². The van der Waals surface area contributed by atoms with Crippen LogP contribution in [0.15, 0.2) is 21.9 Å². The van der Waals surface area contributed by atoms with Gasteiger partial charge in [-0.25, -0.2) is 4.79 Å². The summed E-state index contributed by atoms with van der Waals surface area (Å²) in [7, 11) is -1.60. The lowest BCUT2D eigenvalue weighted by molar-refractivity contribution is -0.167. The number of ether oxygens (including phenoxy) is 2. The molecule has 0 radical (unpaired) electrons. The summed E-state index contributed by atoms with van der Waals surface area (Å²) in [6.45, 7) is 11.6. The molecule has 1 aromatic heterocycles. The van der Waals surface area contributed by atoms with Crippen LogP contribution in [-0.2, 0) is 14.8 Å². The van der Waals surface area contributed by atoms with Crippen LogP contribution in [0, 0.1) is 0 Å². The van der Waals surface area contributed by atoms with Crippen LogP contribution in [-0.4, -0.2) is 47.4 Å². The van der Waals surface area contributed by atoms with Gasteiger partial charge in [-0.1, -0.05) is 13.1 Å². The molecule has 7 nitrogen and oxygen atoms in total. The maximum absolute atomic E-state index is 12.4. The highest BCUT2D eigenvalue weighted by Gasteiger charge is 2.57. The van der Waals surface area contributed by atoms with Gasteiger partial charge in [0.15, 0.2) is 0 Å². The highest BCUT2D eigenvalue weighted by Crippen LogP contribution is 2.44. The monoisotopic (exact) mass is 356 g/mol. The van der Waals surface area contributed by atoms with E-state index in [9.17, 15) is 14.7 Å². The fraction of sp³-hybridized carbons (Fsp3) is 0.750. The smallest absolute Gasteiger partial charge is 0.330 e. The summed E-state index contributed by atoms with van der Waals surface area (Å²) in [5.41, 5.74) is -2.27. The lowest BCUT2D eigenvalue weighted by Crippen LogP contribution is -2.53. The van der Waals surface area contributed by atoms with Crippen molar-refractivity contribution in [1.82, 2.24) is 9.55 Å². The van der Waals surface area contributed by atoms with Gasteiger partial charge in [0.2, 0.25) is 0 Å². The van der Waals surface area contributed by atoms with E-state index >= 15 is 0 Å². The van der Waals surface area contributed by atoms with Gasteiger partial charge in [-0.2, -0.15) is 0 Å². The van der Waals surface area contributed by atoms with Crippen molar-refractivity contribution in [3.05, 3.63) is 33.1 Å². The molecule has 0 aliphatic carbocycles. The average Bonchev–Trinajstić information content (AvgIpc) is 2.72. The summed E-state index contributed by atoms with van der Waals surface area (Å²) in [6.07, 6.45) is 1.57. The quantitative estimate of drug-likeness (QED) is 0.770. The second-order valence-corrected chi connectivity index (χ2v) is 11.2. The second kappa shape index (κ2) is 6.25. The molecule has 0 aromatic carbocycles. The molecule has 0 unspecified atom stereocenters. The molecule has 0 bridgehead atoms. The van der Waals surface area contributed by atoms with Gasteiger partial charge in [-0.15, -0.1) is 0 Å². The molecule has 24 heavy (non-hydrogen) atoms. The summed E-state index contributed by atoms with van der Waals surface area (Å²) >= 11 is 0. The van der Waals surface area contributed by atoms with Gasteiger partial charge >= 0.3 is 5.69 Å². The standard InChI is InChI=1S/C16H28N2O5Si/c1-14(2,3)22-11-9-16(24(5)6,23-15(11,4)10-19)18-8-7-12(20)17-13(18)21/h7-8,11,19,24H,9-10H2,1-6H3,(H,17,20,21)/t11-,15+,16-/m0/s1. The number of hydrogen-bond acceptors (Lipinski definition) is 5. The molecule has 0 amide bonds. The number of rotatable bonds is 4. The van der Waals surface area contributed by atoms with Gasteiger partial charge in [0.05, 0.1) is 27.1 Å². The zero-order valence-electron chi connectivity index (χ0n) is 15.3. The first-order chi connectivity index (χ1) is 10.9. The first kappa shape index (κ1) is 19.1. The number of aliphatic hydroxyl groups excluding tert-OH is 1. The SMILES string of the molecule is C[SiH](C)[C@]1(n2ccc(=O)[nH]c2=O)C[C@H](OC(C)(C)C)[C@@](C)(CO)O1. The topological polar surface area (TPSA) is 93.6 Å². The Bertz CT molecular complexity index is 707. The van der Waals surface area contributed by atoms with Gasteiger partial charge in [0.1, 0.15) is 10.9 Å². The Kier molecular flexibility index (Phi) is 4.98. The van der Waals surface area contributed by atoms with Crippen LogP contribution in [0.4, 0.5) is 0 Å². The molecule has 2 rings (SSSR count). The normalized spacial score (nSPS) is 30.9. The average molecular weight is 356 g/mol. The lowest BCUT2D eigenvalue weighted by atomic mass is 9.99. The van der Waals surface area contributed by atoms with Gasteiger partial charge in [0.25, 0.3) is 5.56 Å². The van der Waals surface area contributed by atoms with E-state index in [-0.39, 0.29) is 12.7 Å². The predicted octanol–water partition coefficient (Wildman–Crippen LogP) is 0.570. The third-order valence-corrected chi connectivity index (χ3v) is 6.95. The molecule has 1 saturated heterocycles. The van der Waals surface area contributed by atoms with E-state index in [1.165, 1.54) is 16.8 Å². The molecular formula is C16H28N2O5Si. The largest absolute Gasteiger partial charge is 0.393 e. The first-order valence-electron chi connectivity index (χ1n) is 8.25. The molecule has 2 N–H and O–H groups in total. The fourth-order valence-electron chi connectivity index (χ4n) is 3.21. The van der Waals surface area contributed by atoms with E-state index < -0.39 is 36.6 Å². The summed E-state index contributed by atoms with van der Waals surface area (Å²) in [4.78, 5) is 26.1. The number of aliphatic hydroxyl groups is 1.